The number of hydrogen-bond donors (Lipinski definition) is 2. The van der Waals surface area contributed by atoms with Crippen molar-refractivity contribution < 1.29 is 9.84 Å². The van der Waals surface area contributed by atoms with Gasteiger partial charge in [-0.1, -0.05) is 24.8 Å². The van der Waals surface area contributed by atoms with Crippen molar-refractivity contribution in [1.29, 1.82) is 0 Å². The zero-order chi connectivity index (χ0) is 12.1. The van der Waals surface area contributed by atoms with E-state index in [1.54, 1.807) is 6.08 Å². The van der Waals surface area contributed by atoms with Gasteiger partial charge in [-0.15, -0.1) is 0 Å². The largest absolute Gasteiger partial charge is 0.396 e. The fourth-order valence-electron chi connectivity index (χ4n) is 0.954. The quantitative estimate of drug-likeness (QED) is 0.364. The molecule has 3 nitrogen and oxygen atoms in total. The van der Waals surface area contributed by atoms with Crippen LogP contribution in [0.3, 0.4) is 0 Å². The average Bonchev–Trinajstić information content (AvgIpc) is 2.27. The Balaban J connectivity index is 3.26. The van der Waals surface area contributed by atoms with E-state index < -0.39 is 0 Å². The molecule has 0 aromatic rings. The number of ether oxygens (including phenoxy) is 1. The zero-order valence-corrected chi connectivity index (χ0v) is 11.7. The Bertz CT molecular complexity index is 227. The van der Waals surface area contributed by atoms with Crippen LogP contribution < -0.4 is 5.32 Å². The van der Waals surface area contributed by atoms with E-state index in [4.69, 9.17) is 9.84 Å². The summed E-state index contributed by atoms with van der Waals surface area (Å²) >= 11 is 2.24. The molecule has 0 unspecified atom stereocenters. The molecule has 0 bridgehead atoms. The molecule has 0 radical (unpaired) electrons. The van der Waals surface area contributed by atoms with Gasteiger partial charge in [0.15, 0.2) is 0 Å². The fourth-order valence-corrected chi connectivity index (χ4v) is 1.46. The molecule has 0 rings (SSSR count). The predicted octanol–water partition coefficient (Wildman–Crippen LogP) is 2.04. The summed E-state index contributed by atoms with van der Waals surface area (Å²) in [6, 6.07) is 0. The van der Waals surface area contributed by atoms with E-state index >= 15 is 0 Å². The summed E-state index contributed by atoms with van der Waals surface area (Å²) in [4.78, 5) is 0. The van der Waals surface area contributed by atoms with Crippen molar-refractivity contribution in [3.05, 3.63) is 34.5 Å². The van der Waals surface area contributed by atoms with Crippen LogP contribution in [0.5, 0.6) is 0 Å². The lowest BCUT2D eigenvalue weighted by Gasteiger charge is -2.03. The molecule has 0 aliphatic rings. The molecule has 0 aromatic heterocycles. The second-order valence-electron chi connectivity index (χ2n) is 3.09. The molecule has 0 heterocycles. The smallest absolute Gasteiger partial charge is 0.0651 e. The number of halogens is 1. The van der Waals surface area contributed by atoms with Crippen LogP contribution in [0.15, 0.2) is 34.5 Å². The Labute approximate surface area is 111 Å². The van der Waals surface area contributed by atoms with E-state index in [0.29, 0.717) is 13.2 Å². The maximum atomic E-state index is 8.54. The van der Waals surface area contributed by atoms with Crippen LogP contribution in [-0.2, 0) is 4.74 Å². The Hall–Kier alpha value is -0.170. The van der Waals surface area contributed by atoms with Crippen LogP contribution in [-0.4, -0.2) is 38.0 Å². The van der Waals surface area contributed by atoms with Gasteiger partial charge in [0.2, 0.25) is 0 Å². The van der Waals surface area contributed by atoms with E-state index in [0.717, 1.165) is 23.1 Å². The maximum absolute atomic E-state index is 8.54. The molecule has 0 aliphatic heterocycles. The first kappa shape index (κ1) is 15.8. The maximum Gasteiger partial charge on any atom is 0.0651 e. The van der Waals surface area contributed by atoms with Gasteiger partial charge in [0.25, 0.3) is 0 Å². The summed E-state index contributed by atoms with van der Waals surface area (Å²) in [7, 11) is 0. The lowest BCUT2D eigenvalue weighted by atomic mass is 10.4. The number of rotatable bonds is 10. The van der Waals surface area contributed by atoms with E-state index in [9.17, 15) is 0 Å². The molecule has 4 heteroatoms. The summed E-state index contributed by atoms with van der Waals surface area (Å²) in [5.41, 5.74) is 0. The first-order chi connectivity index (χ1) is 7.81. The van der Waals surface area contributed by atoms with Crippen molar-refractivity contribution in [3.63, 3.8) is 0 Å². The van der Waals surface area contributed by atoms with Crippen molar-refractivity contribution in [3.8, 4) is 0 Å². The molecule has 0 fully saturated rings. The minimum atomic E-state index is 0.241. The summed E-state index contributed by atoms with van der Waals surface area (Å²) < 4.78 is 6.51. The highest BCUT2D eigenvalue weighted by Gasteiger charge is 1.87. The van der Waals surface area contributed by atoms with Crippen molar-refractivity contribution in [2.45, 2.75) is 6.42 Å². The molecule has 2 N–H and O–H groups in total. The van der Waals surface area contributed by atoms with Crippen molar-refractivity contribution >= 4 is 22.6 Å². The van der Waals surface area contributed by atoms with Gasteiger partial charge in [0.05, 0.1) is 13.2 Å². The molecule has 0 saturated carbocycles. The first-order valence-corrected chi connectivity index (χ1v) is 6.43. The number of nitrogens with one attached hydrogen (secondary N) is 1. The molecule has 0 atom stereocenters. The average molecular weight is 337 g/mol. The van der Waals surface area contributed by atoms with Gasteiger partial charge < -0.3 is 15.2 Å². The molecular weight excluding hydrogens is 317 g/mol. The Morgan fingerprint density at radius 1 is 1.44 bits per heavy atom. The van der Waals surface area contributed by atoms with Gasteiger partial charge in [-0.3, -0.25) is 0 Å². The van der Waals surface area contributed by atoms with Gasteiger partial charge in [0.1, 0.15) is 0 Å². The van der Waals surface area contributed by atoms with Crippen LogP contribution in [0.1, 0.15) is 6.42 Å². The normalized spacial score (nSPS) is 12.2. The van der Waals surface area contributed by atoms with E-state index in [1.165, 1.54) is 0 Å². The molecular formula is C12H20INO2. The van der Waals surface area contributed by atoms with Gasteiger partial charge in [-0.25, -0.2) is 0 Å². The lowest BCUT2D eigenvalue weighted by Crippen LogP contribution is -2.21. The Kier molecular flexibility index (Phi) is 12.8. The van der Waals surface area contributed by atoms with Crippen LogP contribution in [0.2, 0.25) is 0 Å². The third-order valence-corrected chi connectivity index (χ3v) is 2.42. The van der Waals surface area contributed by atoms with Gasteiger partial charge >= 0.3 is 0 Å². The summed E-state index contributed by atoms with van der Waals surface area (Å²) in [5.74, 6) is 0. The standard InChI is InChI=1S/C12H20INO2/c1-2-5-12(13)6-3-10-16-11-8-14-7-4-9-15/h2-3,5-6,14-15H,1,4,7-11H2/b6-3-,12-5+. The summed E-state index contributed by atoms with van der Waals surface area (Å²) in [6.45, 7) is 6.85. The second-order valence-corrected chi connectivity index (χ2v) is 4.34. The minimum absolute atomic E-state index is 0.241. The molecule has 0 saturated heterocycles. The SMILES string of the molecule is C=C/C=C(I)\C=C/COCCNCCCO. The number of allylic oxidation sites excluding steroid dienone is 4. The third kappa shape index (κ3) is 11.9. The molecule has 16 heavy (non-hydrogen) atoms. The molecule has 92 valence electrons. The first-order valence-electron chi connectivity index (χ1n) is 5.35. The Morgan fingerprint density at radius 3 is 2.94 bits per heavy atom. The van der Waals surface area contributed by atoms with Crippen molar-refractivity contribution in [1.82, 2.24) is 5.32 Å². The number of aliphatic hydroxyl groups excluding tert-OH is 1. The molecule has 0 spiro atoms. The van der Waals surface area contributed by atoms with E-state index in [2.05, 4.69) is 34.5 Å². The van der Waals surface area contributed by atoms with Gasteiger partial charge in [-0.2, -0.15) is 0 Å². The second kappa shape index (κ2) is 12.9. The summed E-state index contributed by atoms with van der Waals surface area (Å²) in [5, 5.41) is 11.7. The fraction of sp³-hybridized carbons (Fsp3) is 0.500. The monoisotopic (exact) mass is 337 g/mol. The van der Waals surface area contributed by atoms with Crippen molar-refractivity contribution in [2.24, 2.45) is 0 Å². The third-order valence-electron chi connectivity index (χ3n) is 1.70. The van der Waals surface area contributed by atoms with Crippen LogP contribution >= 0.6 is 22.6 Å². The topological polar surface area (TPSA) is 41.5 Å². The highest BCUT2D eigenvalue weighted by molar-refractivity contribution is 14.1. The summed E-state index contributed by atoms with van der Waals surface area (Å²) in [6.07, 6.45) is 8.48. The van der Waals surface area contributed by atoms with Gasteiger partial charge in [0, 0.05) is 16.7 Å². The number of aliphatic hydroxyl groups is 1. The zero-order valence-electron chi connectivity index (χ0n) is 9.49. The van der Waals surface area contributed by atoms with E-state index in [1.807, 2.05) is 18.2 Å². The van der Waals surface area contributed by atoms with Crippen LogP contribution in [0, 0.1) is 0 Å². The van der Waals surface area contributed by atoms with Crippen LogP contribution in [0.4, 0.5) is 0 Å². The Morgan fingerprint density at radius 2 is 2.25 bits per heavy atom. The van der Waals surface area contributed by atoms with Crippen molar-refractivity contribution in [2.75, 3.05) is 32.9 Å². The van der Waals surface area contributed by atoms with E-state index in [-0.39, 0.29) is 6.61 Å². The van der Waals surface area contributed by atoms with Crippen LogP contribution in [0.25, 0.3) is 0 Å². The lowest BCUT2D eigenvalue weighted by molar-refractivity contribution is 0.163. The molecule has 0 aliphatic carbocycles. The molecule has 0 aromatic carbocycles. The minimum Gasteiger partial charge on any atom is -0.396 e. The highest BCUT2D eigenvalue weighted by Crippen LogP contribution is 2.06. The predicted molar refractivity (Wildman–Crippen MR) is 76.8 cm³/mol. The highest BCUT2D eigenvalue weighted by atomic mass is 127. The van der Waals surface area contributed by atoms with Gasteiger partial charge in [-0.05, 0) is 41.6 Å². The number of hydrogen-bond acceptors (Lipinski definition) is 3. The molecule has 0 amide bonds.